The van der Waals surface area contributed by atoms with E-state index in [4.69, 9.17) is 5.11 Å². The van der Waals surface area contributed by atoms with Crippen LogP contribution < -0.4 is 0 Å². The minimum Gasteiger partial charge on any atom is -0.492 e. The van der Waals surface area contributed by atoms with Crippen LogP contribution >= 0.6 is 0 Å². The van der Waals surface area contributed by atoms with Gasteiger partial charge >= 0.3 is 0 Å². The van der Waals surface area contributed by atoms with Gasteiger partial charge in [-0.15, -0.1) is 0 Å². The molecule has 1 unspecified atom stereocenters. The lowest BCUT2D eigenvalue weighted by atomic mass is 9.95. The lowest BCUT2D eigenvalue weighted by Crippen LogP contribution is -2.18. The fourth-order valence-corrected chi connectivity index (χ4v) is 1.83. The third kappa shape index (κ3) is 1.19. The topological polar surface area (TPSA) is 38.0 Å². The molecule has 0 amide bonds. The normalized spacial score (nSPS) is 22.2. The standard InChI is InChI=1S/C9H14N2O/c1-2-7-3-4-11-6-9(12)10-8(11)5-7/h6-7,12H,2-5H2,1H3. The van der Waals surface area contributed by atoms with Gasteiger partial charge < -0.3 is 9.67 Å². The van der Waals surface area contributed by atoms with Crippen molar-refractivity contribution < 1.29 is 5.11 Å². The molecule has 0 saturated heterocycles. The predicted octanol–water partition coefficient (Wildman–Crippen LogP) is 1.56. The summed E-state index contributed by atoms with van der Waals surface area (Å²) in [4.78, 5) is 4.07. The summed E-state index contributed by atoms with van der Waals surface area (Å²) in [7, 11) is 0. The summed E-state index contributed by atoms with van der Waals surface area (Å²) in [6.07, 6.45) is 5.19. The lowest BCUT2D eigenvalue weighted by molar-refractivity contribution is 0.372. The van der Waals surface area contributed by atoms with Crippen LogP contribution in [0.25, 0.3) is 0 Å². The Bertz CT molecular complexity index is 280. The molecule has 0 aliphatic carbocycles. The highest BCUT2D eigenvalue weighted by atomic mass is 16.3. The van der Waals surface area contributed by atoms with Gasteiger partial charge in [0.2, 0.25) is 5.88 Å². The Morgan fingerprint density at radius 2 is 2.58 bits per heavy atom. The Kier molecular flexibility index (Phi) is 1.79. The fourth-order valence-electron chi connectivity index (χ4n) is 1.83. The second-order valence-electron chi connectivity index (χ2n) is 3.48. The van der Waals surface area contributed by atoms with E-state index >= 15 is 0 Å². The van der Waals surface area contributed by atoms with Gasteiger partial charge in [-0.1, -0.05) is 13.3 Å². The van der Waals surface area contributed by atoms with E-state index in [1.807, 2.05) is 0 Å². The average molecular weight is 166 g/mol. The average Bonchev–Trinajstić information content (AvgIpc) is 2.43. The predicted molar refractivity (Wildman–Crippen MR) is 46.0 cm³/mol. The van der Waals surface area contributed by atoms with E-state index in [0.717, 1.165) is 24.7 Å². The monoisotopic (exact) mass is 166 g/mol. The van der Waals surface area contributed by atoms with E-state index in [1.54, 1.807) is 6.20 Å². The first-order valence-electron chi connectivity index (χ1n) is 4.54. The van der Waals surface area contributed by atoms with Crippen molar-refractivity contribution >= 4 is 0 Å². The SMILES string of the molecule is CCC1CCn2cc(O)nc2C1. The Balaban J connectivity index is 2.22. The maximum absolute atomic E-state index is 9.15. The number of nitrogens with zero attached hydrogens (tertiary/aromatic N) is 2. The van der Waals surface area contributed by atoms with E-state index < -0.39 is 0 Å². The Hall–Kier alpha value is -0.990. The smallest absolute Gasteiger partial charge is 0.229 e. The number of hydrogen-bond acceptors (Lipinski definition) is 2. The van der Waals surface area contributed by atoms with E-state index in [-0.39, 0.29) is 5.88 Å². The molecule has 1 atom stereocenters. The molecule has 2 heterocycles. The minimum atomic E-state index is 0.168. The van der Waals surface area contributed by atoms with Crippen LogP contribution in [-0.2, 0) is 13.0 Å². The molecule has 0 saturated carbocycles. The first-order valence-corrected chi connectivity index (χ1v) is 4.54. The molecule has 1 aromatic heterocycles. The zero-order valence-corrected chi connectivity index (χ0v) is 7.32. The maximum Gasteiger partial charge on any atom is 0.229 e. The molecule has 2 rings (SSSR count). The van der Waals surface area contributed by atoms with Crippen LogP contribution in [-0.4, -0.2) is 14.7 Å². The zero-order chi connectivity index (χ0) is 8.55. The van der Waals surface area contributed by atoms with Gasteiger partial charge in [0.1, 0.15) is 5.82 Å². The molecule has 0 radical (unpaired) electrons. The number of imidazole rings is 1. The summed E-state index contributed by atoms with van der Waals surface area (Å²) in [6.45, 7) is 3.23. The molecule has 1 aliphatic rings. The molecule has 0 aromatic carbocycles. The molecule has 66 valence electrons. The van der Waals surface area contributed by atoms with Crippen molar-refractivity contribution in [3.63, 3.8) is 0 Å². The molecule has 0 fully saturated rings. The summed E-state index contributed by atoms with van der Waals surface area (Å²) in [5, 5.41) is 9.15. The van der Waals surface area contributed by atoms with Gasteiger partial charge in [-0.25, -0.2) is 0 Å². The largest absolute Gasteiger partial charge is 0.492 e. The van der Waals surface area contributed by atoms with Crippen molar-refractivity contribution in [3.8, 4) is 5.88 Å². The van der Waals surface area contributed by atoms with Gasteiger partial charge in [-0.2, -0.15) is 4.98 Å². The summed E-state index contributed by atoms with van der Waals surface area (Å²) >= 11 is 0. The maximum atomic E-state index is 9.15. The van der Waals surface area contributed by atoms with E-state index in [1.165, 1.54) is 12.8 Å². The number of rotatable bonds is 1. The number of hydrogen-bond donors (Lipinski definition) is 1. The van der Waals surface area contributed by atoms with Gasteiger partial charge in [-0.05, 0) is 12.3 Å². The molecule has 1 aromatic rings. The fraction of sp³-hybridized carbons (Fsp3) is 0.667. The molecular formula is C9H14N2O. The lowest BCUT2D eigenvalue weighted by Gasteiger charge is -2.21. The highest BCUT2D eigenvalue weighted by Crippen LogP contribution is 2.23. The van der Waals surface area contributed by atoms with E-state index in [2.05, 4.69) is 16.5 Å². The van der Waals surface area contributed by atoms with Gasteiger partial charge in [0, 0.05) is 13.0 Å². The van der Waals surface area contributed by atoms with Gasteiger partial charge in [0.05, 0.1) is 6.20 Å². The van der Waals surface area contributed by atoms with Crippen molar-refractivity contribution in [3.05, 3.63) is 12.0 Å². The highest BCUT2D eigenvalue weighted by Gasteiger charge is 2.18. The van der Waals surface area contributed by atoms with Crippen LogP contribution in [0.4, 0.5) is 0 Å². The van der Waals surface area contributed by atoms with E-state index in [9.17, 15) is 0 Å². The molecule has 0 bridgehead atoms. The molecule has 3 nitrogen and oxygen atoms in total. The van der Waals surface area contributed by atoms with E-state index in [0.29, 0.717) is 0 Å². The summed E-state index contributed by atoms with van der Waals surface area (Å²) < 4.78 is 2.06. The molecule has 1 aliphatic heterocycles. The van der Waals surface area contributed by atoms with Crippen molar-refractivity contribution in [2.24, 2.45) is 5.92 Å². The van der Waals surface area contributed by atoms with Crippen molar-refractivity contribution in [1.82, 2.24) is 9.55 Å². The van der Waals surface area contributed by atoms with Crippen LogP contribution in [0.2, 0.25) is 0 Å². The number of aromatic hydroxyl groups is 1. The van der Waals surface area contributed by atoms with Crippen LogP contribution in [0.5, 0.6) is 5.88 Å². The molecule has 3 heteroatoms. The van der Waals surface area contributed by atoms with Gasteiger partial charge in [0.15, 0.2) is 0 Å². The number of aryl methyl sites for hydroxylation is 1. The third-order valence-electron chi connectivity index (χ3n) is 2.67. The molecular weight excluding hydrogens is 152 g/mol. The quantitative estimate of drug-likeness (QED) is 0.687. The minimum absolute atomic E-state index is 0.168. The van der Waals surface area contributed by atoms with Crippen LogP contribution in [0.1, 0.15) is 25.6 Å². The second kappa shape index (κ2) is 2.81. The second-order valence-corrected chi connectivity index (χ2v) is 3.48. The Morgan fingerprint density at radius 1 is 1.75 bits per heavy atom. The van der Waals surface area contributed by atoms with Crippen LogP contribution in [0, 0.1) is 5.92 Å². The van der Waals surface area contributed by atoms with Gasteiger partial charge in [-0.3, -0.25) is 0 Å². The van der Waals surface area contributed by atoms with Crippen molar-refractivity contribution in [2.45, 2.75) is 32.7 Å². The van der Waals surface area contributed by atoms with Gasteiger partial charge in [0.25, 0.3) is 0 Å². The number of fused-ring (bicyclic) bond motifs is 1. The van der Waals surface area contributed by atoms with Crippen LogP contribution in [0.15, 0.2) is 6.20 Å². The molecule has 1 N–H and O–H groups in total. The van der Waals surface area contributed by atoms with Crippen molar-refractivity contribution in [2.75, 3.05) is 0 Å². The first-order chi connectivity index (χ1) is 5.79. The number of aromatic nitrogens is 2. The van der Waals surface area contributed by atoms with Crippen molar-refractivity contribution in [1.29, 1.82) is 0 Å². The molecule has 12 heavy (non-hydrogen) atoms. The third-order valence-corrected chi connectivity index (χ3v) is 2.67. The van der Waals surface area contributed by atoms with Crippen LogP contribution in [0.3, 0.4) is 0 Å². The zero-order valence-electron chi connectivity index (χ0n) is 7.32. The Morgan fingerprint density at radius 3 is 3.33 bits per heavy atom. The summed E-state index contributed by atoms with van der Waals surface area (Å²) in [5.74, 6) is 1.98. The Labute approximate surface area is 72.0 Å². The summed E-state index contributed by atoms with van der Waals surface area (Å²) in [6, 6.07) is 0. The first kappa shape index (κ1) is 7.65. The highest BCUT2D eigenvalue weighted by molar-refractivity contribution is 5.10. The summed E-state index contributed by atoms with van der Waals surface area (Å²) in [5.41, 5.74) is 0. The molecule has 0 spiro atoms.